The van der Waals surface area contributed by atoms with E-state index in [1.54, 1.807) is 12.1 Å². The molecule has 0 amide bonds. The van der Waals surface area contributed by atoms with Crippen LogP contribution in [-0.2, 0) is 16.6 Å². The average molecular weight is 293 g/mol. The van der Waals surface area contributed by atoms with Gasteiger partial charge < -0.3 is 5.73 Å². The molecule has 6 nitrogen and oxygen atoms in total. The third kappa shape index (κ3) is 2.78. The summed E-state index contributed by atoms with van der Waals surface area (Å²) in [4.78, 5) is 0.765. The van der Waals surface area contributed by atoms with Crippen LogP contribution in [0.3, 0.4) is 0 Å². The Kier molecular flexibility index (Phi) is 3.38. The predicted octanol–water partition coefficient (Wildman–Crippen LogP) is 1.19. The minimum Gasteiger partial charge on any atom is -0.383 e. The van der Waals surface area contributed by atoms with Crippen molar-refractivity contribution in [1.82, 2.24) is 14.9 Å². The van der Waals surface area contributed by atoms with E-state index in [2.05, 4.69) is 14.9 Å². The first kappa shape index (κ1) is 12.4. The highest BCUT2D eigenvalue weighted by Crippen LogP contribution is 2.22. The molecular weight excluding hydrogens is 284 g/mol. The van der Waals surface area contributed by atoms with Crippen molar-refractivity contribution in [2.45, 2.75) is 11.4 Å². The number of hydrogen-bond donors (Lipinski definition) is 3. The maximum Gasteiger partial charge on any atom is 0.246 e. The Morgan fingerprint density at radius 2 is 2.29 bits per heavy atom. The molecule has 0 saturated heterocycles. The van der Waals surface area contributed by atoms with E-state index in [0.717, 1.165) is 4.88 Å². The van der Waals surface area contributed by atoms with Crippen LogP contribution in [0, 0.1) is 0 Å². The van der Waals surface area contributed by atoms with E-state index >= 15 is 0 Å². The zero-order valence-corrected chi connectivity index (χ0v) is 10.9. The Bertz CT molecular complexity index is 619. The molecule has 2 heterocycles. The molecule has 2 rings (SSSR count). The monoisotopic (exact) mass is 292 g/mol. The molecule has 2 aromatic heterocycles. The molecule has 0 fully saturated rings. The first-order valence-corrected chi connectivity index (χ1v) is 7.19. The molecule has 0 aliphatic heterocycles. The standard InChI is InChI=1S/C8H9ClN4O2S2/c9-7-2-1-5(16-7)3-12-17(14,15)6-4-11-13-8(6)10/h1-2,4,12H,3H2,(H3,10,11,13). The molecular formula is C8H9ClN4O2S2. The van der Waals surface area contributed by atoms with Crippen LogP contribution in [0.15, 0.2) is 23.2 Å². The van der Waals surface area contributed by atoms with Crippen molar-refractivity contribution in [3.8, 4) is 0 Å². The number of nitrogens with one attached hydrogen (secondary N) is 2. The van der Waals surface area contributed by atoms with Gasteiger partial charge >= 0.3 is 0 Å². The van der Waals surface area contributed by atoms with Crippen LogP contribution >= 0.6 is 22.9 Å². The van der Waals surface area contributed by atoms with Crippen LogP contribution < -0.4 is 10.5 Å². The molecule has 0 bridgehead atoms. The van der Waals surface area contributed by atoms with Crippen LogP contribution in [0.2, 0.25) is 4.34 Å². The van der Waals surface area contributed by atoms with E-state index in [9.17, 15) is 8.42 Å². The number of nitrogens with zero attached hydrogens (tertiary/aromatic N) is 1. The molecule has 9 heteroatoms. The predicted molar refractivity (Wildman–Crippen MR) is 66.4 cm³/mol. The zero-order chi connectivity index (χ0) is 12.5. The molecule has 17 heavy (non-hydrogen) atoms. The Morgan fingerprint density at radius 1 is 1.53 bits per heavy atom. The maximum atomic E-state index is 11.8. The molecule has 0 aliphatic rings. The SMILES string of the molecule is Nc1[nH]ncc1S(=O)(=O)NCc1ccc(Cl)s1. The second-order valence-corrected chi connectivity index (χ2v) is 6.71. The lowest BCUT2D eigenvalue weighted by Crippen LogP contribution is -2.23. The quantitative estimate of drug-likeness (QED) is 0.788. The lowest BCUT2D eigenvalue weighted by Gasteiger charge is -2.03. The van der Waals surface area contributed by atoms with Gasteiger partial charge in [-0.25, -0.2) is 13.1 Å². The summed E-state index contributed by atoms with van der Waals surface area (Å²) in [5.41, 5.74) is 5.44. The van der Waals surface area contributed by atoms with Gasteiger partial charge in [-0.2, -0.15) is 5.10 Å². The third-order valence-electron chi connectivity index (χ3n) is 1.99. The van der Waals surface area contributed by atoms with Crippen LogP contribution in [-0.4, -0.2) is 18.6 Å². The summed E-state index contributed by atoms with van der Waals surface area (Å²) >= 11 is 7.06. The Hall–Kier alpha value is -1.09. The minimum absolute atomic E-state index is 0.0155. The van der Waals surface area contributed by atoms with Crippen molar-refractivity contribution in [3.05, 3.63) is 27.5 Å². The highest BCUT2D eigenvalue weighted by molar-refractivity contribution is 7.89. The molecule has 0 atom stereocenters. The Balaban J connectivity index is 2.11. The second-order valence-electron chi connectivity index (χ2n) is 3.18. The van der Waals surface area contributed by atoms with Gasteiger partial charge in [-0.15, -0.1) is 11.3 Å². The molecule has 92 valence electrons. The summed E-state index contributed by atoms with van der Waals surface area (Å²) in [6.07, 6.45) is 1.17. The Labute approximate surface area is 107 Å². The fourth-order valence-electron chi connectivity index (χ4n) is 1.19. The van der Waals surface area contributed by atoms with Gasteiger partial charge in [0, 0.05) is 11.4 Å². The Morgan fingerprint density at radius 3 is 2.82 bits per heavy atom. The summed E-state index contributed by atoms with van der Waals surface area (Å²) in [7, 11) is -3.64. The van der Waals surface area contributed by atoms with Gasteiger partial charge in [0.15, 0.2) is 0 Å². The van der Waals surface area contributed by atoms with Crippen molar-refractivity contribution in [2.75, 3.05) is 5.73 Å². The van der Waals surface area contributed by atoms with Gasteiger partial charge in [0.05, 0.1) is 10.5 Å². The molecule has 0 radical (unpaired) electrons. The number of aromatic amines is 1. The number of sulfonamides is 1. The van der Waals surface area contributed by atoms with Gasteiger partial charge in [-0.1, -0.05) is 11.6 Å². The summed E-state index contributed by atoms with van der Waals surface area (Å²) < 4.78 is 26.7. The molecule has 0 aromatic carbocycles. The third-order valence-corrected chi connectivity index (χ3v) is 4.65. The number of rotatable bonds is 4. The maximum absolute atomic E-state index is 11.8. The zero-order valence-electron chi connectivity index (χ0n) is 8.47. The minimum atomic E-state index is -3.64. The largest absolute Gasteiger partial charge is 0.383 e. The van der Waals surface area contributed by atoms with Crippen molar-refractivity contribution in [2.24, 2.45) is 0 Å². The van der Waals surface area contributed by atoms with E-state index < -0.39 is 10.0 Å². The highest BCUT2D eigenvalue weighted by Gasteiger charge is 2.19. The van der Waals surface area contributed by atoms with E-state index in [1.165, 1.54) is 17.5 Å². The fraction of sp³-hybridized carbons (Fsp3) is 0.125. The van der Waals surface area contributed by atoms with Gasteiger partial charge in [0.2, 0.25) is 10.0 Å². The number of H-pyrrole nitrogens is 1. The number of aromatic nitrogens is 2. The lowest BCUT2D eigenvalue weighted by atomic mass is 10.5. The van der Waals surface area contributed by atoms with Crippen LogP contribution in [0.4, 0.5) is 5.82 Å². The molecule has 0 unspecified atom stereocenters. The topological polar surface area (TPSA) is 101 Å². The number of anilines is 1. The average Bonchev–Trinajstić information content (AvgIpc) is 2.85. The second kappa shape index (κ2) is 4.65. The highest BCUT2D eigenvalue weighted by atomic mass is 35.5. The number of nitrogen functional groups attached to an aromatic ring is 1. The number of thiophene rings is 1. The molecule has 0 aliphatic carbocycles. The van der Waals surface area contributed by atoms with E-state index in [4.69, 9.17) is 17.3 Å². The summed E-state index contributed by atoms with van der Waals surface area (Å²) in [5, 5.41) is 5.93. The van der Waals surface area contributed by atoms with Crippen molar-refractivity contribution in [1.29, 1.82) is 0 Å². The summed E-state index contributed by atoms with van der Waals surface area (Å²) in [6, 6.07) is 3.47. The summed E-state index contributed by atoms with van der Waals surface area (Å²) in [5.74, 6) is 0.0155. The van der Waals surface area contributed by atoms with Crippen molar-refractivity contribution >= 4 is 38.8 Å². The van der Waals surface area contributed by atoms with Crippen LogP contribution in [0.5, 0.6) is 0 Å². The van der Waals surface area contributed by atoms with Crippen LogP contribution in [0.25, 0.3) is 0 Å². The van der Waals surface area contributed by atoms with E-state index in [0.29, 0.717) is 4.34 Å². The molecule has 2 aromatic rings. The van der Waals surface area contributed by atoms with E-state index in [-0.39, 0.29) is 17.3 Å². The first-order chi connectivity index (χ1) is 7.99. The normalized spacial score (nSPS) is 11.8. The van der Waals surface area contributed by atoms with E-state index in [1.807, 2.05) is 0 Å². The number of hydrogen-bond acceptors (Lipinski definition) is 5. The van der Waals surface area contributed by atoms with Gasteiger partial charge in [-0.05, 0) is 12.1 Å². The fourth-order valence-corrected chi connectivity index (χ4v) is 3.34. The van der Waals surface area contributed by atoms with Crippen molar-refractivity contribution < 1.29 is 8.42 Å². The number of nitrogens with two attached hydrogens (primary N) is 1. The first-order valence-electron chi connectivity index (χ1n) is 4.52. The van der Waals surface area contributed by atoms with Gasteiger partial charge in [0.1, 0.15) is 10.7 Å². The smallest absolute Gasteiger partial charge is 0.246 e. The summed E-state index contributed by atoms with van der Waals surface area (Å²) in [6.45, 7) is 0.171. The molecule has 0 saturated carbocycles. The van der Waals surface area contributed by atoms with Gasteiger partial charge in [-0.3, -0.25) is 5.10 Å². The molecule has 4 N–H and O–H groups in total. The van der Waals surface area contributed by atoms with Crippen LogP contribution in [0.1, 0.15) is 4.88 Å². The lowest BCUT2D eigenvalue weighted by molar-refractivity contribution is 0.582. The molecule has 0 spiro atoms. The van der Waals surface area contributed by atoms with Crippen molar-refractivity contribution in [3.63, 3.8) is 0 Å². The van der Waals surface area contributed by atoms with Gasteiger partial charge in [0.25, 0.3) is 0 Å². The number of halogens is 1.